The Hall–Kier alpha value is 0.822. The Bertz CT molecular complexity index is 22.0. The van der Waals surface area contributed by atoms with Gasteiger partial charge in [0.15, 0.2) is 0 Å². The van der Waals surface area contributed by atoms with Gasteiger partial charge in [-0.3, -0.25) is 10.0 Å². The van der Waals surface area contributed by atoms with Crippen LogP contribution in [0.2, 0.25) is 0 Å². The fraction of sp³-hybridized carbons (Fsp3) is 0.800. The zero-order valence-corrected chi connectivity index (χ0v) is 8.13. The molecule has 0 aliphatic carbocycles. The average molecular weight is 136 g/mol. The van der Waals surface area contributed by atoms with E-state index in [4.69, 9.17) is 10.0 Å². The van der Waals surface area contributed by atoms with Crippen molar-refractivity contribution >= 4 is 25.4 Å². The molecule has 0 bridgehead atoms. The van der Waals surface area contributed by atoms with Crippen LogP contribution in [0.15, 0.2) is 0 Å². The molecule has 0 rings (SSSR count). The number of halogens is 1. The van der Waals surface area contributed by atoms with Crippen molar-refractivity contribution in [2.24, 2.45) is 5.92 Å². The first-order chi connectivity index (χ1) is 3.27. The topological polar surface area (TPSA) is 0 Å². The molecule has 0 aromatic heterocycles. The Morgan fingerprint density at radius 1 is 1.71 bits per heavy atom. The van der Waals surface area contributed by atoms with Crippen molar-refractivity contribution in [2.75, 3.05) is 0 Å². The van der Waals surface area contributed by atoms with Crippen molar-refractivity contribution in [2.45, 2.75) is 20.3 Å². The fourth-order valence-corrected chi connectivity index (χ4v) is 0. The molecule has 0 fully saturated rings. The molecule has 0 spiro atoms. The van der Waals surface area contributed by atoms with E-state index < -0.39 is 0 Å². The third kappa shape index (κ3) is 19.9. The first-order valence-corrected chi connectivity index (χ1v) is 5.50. The molecule has 1 unspecified atom stereocenters. The Labute approximate surface area is 58.9 Å². The van der Waals surface area contributed by atoms with E-state index in [0.717, 1.165) is 15.4 Å². The summed E-state index contributed by atoms with van der Waals surface area (Å²) in [5.41, 5.74) is 0. The van der Waals surface area contributed by atoms with Crippen molar-refractivity contribution in [3.05, 3.63) is 6.92 Å². The van der Waals surface area contributed by atoms with Gasteiger partial charge in [-0.2, -0.15) is 0 Å². The number of hydrogen-bond donors (Lipinski definition) is 0. The zero-order chi connectivity index (χ0) is 6.28. The van der Waals surface area contributed by atoms with Crippen LogP contribution in [0.5, 0.6) is 0 Å². The maximum Gasteiger partial charge on any atom is 0.353 e. The van der Waals surface area contributed by atoms with Gasteiger partial charge in [0.2, 0.25) is 0 Å². The highest BCUT2D eigenvalue weighted by molar-refractivity contribution is 6.80. The van der Waals surface area contributed by atoms with E-state index in [-0.39, 0.29) is 0 Å². The monoisotopic (exact) mass is 135 g/mol. The molecule has 0 aromatic rings. The fourth-order valence-electron chi connectivity index (χ4n) is 0. The SMILES string of the molecule is [AlH2][Cl].[CH2]C(C)CC. The van der Waals surface area contributed by atoms with Gasteiger partial charge in [0.05, 0.1) is 0 Å². The minimum atomic E-state index is 0.634. The minimum Gasteiger partial charge on any atom is -0.273 e. The van der Waals surface area contributed by atoms with E-state index in [1.54, 1.807) is 0 Å². The molecule has 0 aromatic carbocycles. The van der Waals surface area contributed by atoms with E-state index in [9.17, 15) is 0 Å². The lowest BCUT2D eigenvalue weighted by atomic mass is 10.2. The third-order valence-electron chi connectivity index (χ3n) is 0.697. The van der Waals surface area contributed by atoms with Gasteiger partial charge in [0, 0.05) is 0 Å². The summed E-state index contributed by atoms with van der Waals surface area (Å²) in [4.78, 5) is 0. The van der Waals surface area contributed by atoms with Crippen molar-refractivity contribution in [1.82, 2.24) is 0 Å². The Balaban J connectivity index is 0. The second-order valence-electron chi connectivity index (χ2n) is 1.51. The summed E-state index contributed by atoms with van der Waals surface area (Å²) in [6.45, 7) is 8.00. The highest BCUT2D eigenvalue weighted by atomic mass is 35.6. The number of rotatable bonds is 1. The van der Waals surface area contributed by atoms with E-state index in [1.165, 1.54) is 6.42 Å². The van der Waals surface area contributed by atoms with E-state index in [1.807, 2.05) is 0 Å². The van der Waals surface area contributed by atoms with E-state index in [2.05, 4.69) is 20.8 Å². The first-order valence-electron chi connectivity index (χ1n) is 2.48. The Morgan fingerprint density at radius 3 is 1.86 bits per heavy atom. The summed E-state index contributed by atoms with van der Waals surface area (Å²) in [5, 5.41) is 0. The van der Waals surface area contributed by atoms with Gasteiger partial charge in [-0.1, -0.05) is 27.2 Å². The quantitative estimate of drug-likeness (QED) is 0.480. The lowest BCUT2D eigenvalue weighted by Crippen LogP contribution is -1.77. The van der Waals surface area contributed by atoms with Crippen LogP contribution in [0.25, 0.3) is 0 Å². The molecule has 1 atom stereocenters. The molecule has 0 saturated carbocycles. The van der Waals surface area contributed by atoms with Crippen LogP contribution in [0.3, 0.4) is 0 Å². The van der Waals surface area contributed by atoms with Gasteiger partial charge in [0.1, 0.15) is 0 Å². The van der Waals surface area contributed by atoms with Gasteiger partial charge in [-0.15, -0.1) is 0 Å². The molecule has 1 radical (unpaired) electrons. The van der Waals surface area contributed by atoms with Crippen molar-refractivity contribution < 1.29 is 0 Å². The molecular formula is C5H13AlCl. The van der Waals surface area contributed by atoms with Crippen LogP contribution in [0.4, 0.5) is 0 Å². The first kappa shape index (κ1) is 10.7. The second kappa shape index (κ2) is 9.95. The van der Waals surface area contributed by atoms with Gasteiger partial charge >= 0.3 is 15.4 Å². The summed E-state index contributed by atoms with van der Waals surface area (Å²) >= 11 is 0.778. The third-order valence-corrected chi connectivity index (χ3v) is 0.697. The average Bonchev–Trinajstić information content (AvgIpc) is 1.73. The smallest absolute Gasteiger partial charge is 0.273 e. The Kier molecular flexibility index (Phi) is 15.3. The molecule has 0 nitrogen and oxygen atoms in total. The van der Waals surface area contributed by atoms with Gasteiger partial charge in [-0.25, -0.2) is 0 Å². The Morgan fingerprint density at radius 2 is 1.86 bits per heavy atom. The van der Waals surface area contributed by atoms with Crippen LogP contribution in [-0.4, -0.2) is 15.4 Å². The minimum absolute atomic E-state index is 0.634. The molecule has 0 aliphatic heterocycles. The van der Waals surface area contributed by atoms with Crippen LogP contribution in [0, 0.1) is 12.8 Å². The van der Waals surface area contributed by atoms with Crippen molar-refractivity contribution in [1.29, 1.82) is 0 Å². The lowest BCUT2D eigenvalue weighted by molar-refractivity contribution is 0.694. The largest absolute Gasteiger partial charge is 0.353 e. The van der Waals surface area contributed by atoms with E-state index in [0.29, 0.717) is 5.92 Å². The zero-order valence-electron chi connectivity index (χ0n) is 5.37. The lowest BCUT2D eigenvalue weighted by Gasteiger charge is -1.90. The summed E-state index contributed by atoms with van der Waals surface area (Å²) < 4.78 is 0. The summed E-state index contributed by atoms with van der Waals surface area (Å²) in [6.07, 6.45) is 1.19. The molecule has 0 N–H and O–H groups in total. The second-order valence-corrected chi connectivity index (χ2v) is 1.51. The standard InChI is InChI=1S/C5H11.Al.ClH.2H/c1-4-5(2)3;;;;/h5H,2,4H2,1,3H3;;1H;;/q;+1;;;/p-1. The van der Waals surface area contributed by atoms with Crippen LogP contribution >= 0.6 is 10.0 Å². The molecule has 0 aliphatic rings. The predicted octanol–water partition coefficient (Wildman–Crippen LogP) is 1.64. The molecular weight excluding hydrogens is 122 g/mol. The summed E-state index contributed by atoms with van der Waals surface area (Å²) in [7, 11) is 4.78. The van der Waals surface area contributed by atoms with Gasteiger partial charge in [-0.05, 0) is 5.92 Å². The van der Waals surface area contributed by atoms with Crippen LogP contribution in [0.1, 0.15) is 20.3 Å². The highest BCUT2D eigenvalue weighted by Gasteiger charge is 1.80. The van der Waals surface area contributed by atoms with Crippen LogP contribution in [-0.2, 0) is 0 Å². The molecule has 0 heterocycles. The molecule has 43 valence electrons. The van der Waals surface area contributed by atoms with Gasteiger partial charge in [0.25, 0.3) is 0 Å². The van der Waals surface area contributed by atoms with E-state index >= 15 is 0 Å². The predicted molar refractivity (Wildman–Crippen MR) is 39.2 cm³/mol. The van der Waals surface area contributed by atoms with Crippen molar-refractivity contribution in [3.63, 3.8) is 0 Å². The maximum atomic E-state index is 4.78. The number of hydrogen-bond acceptors (Lipinski definition) is 0. The van der Waals surface area contributed by atoms with Gasteiger partial charge < -0.3 is 0 Å². The molecule has 0 saturated heterocycles. The molecule has 2 heteroatoms. The molecule has 0 amide bonds. The summed E-state index contributed by atoms with van der Waals surface area (Å²) in [5.74, 6) is 0.634. The van der Waals surface area contributed by atoms with Crippen molar-refractivity contribution in [3.8, 4) is 0 Å². The normalized spacial score (nSPS) is 7.57. The molecule has 7 heavy (non-hydrogen) atoms. The van der Waals surface area contributed by atoms with Crippen LogP contribution < -0.4 is 0 Å². The highest BCUT2D eigenvalue weighted by Crippen LogP contribution is 1.93. The maximum absolute atomic E-state index is 4.78. The summed E-state index contributed by atoms with van der Waals surface area (Å²) in [6, 6.07) is 0.